The van der Waals surface area contributed by atoms with Crippen LogP contribution in [-0.2, 0) is 0 Å². The van der Waals surface area contributed by atoms with E-state index in [0.29, 0.717) is 0 Å². The SMILES string of the molecule is CCN1CCC2(CC1)Oc1ccc(C)cc1[C@@H]1CC(c3ccccc3Cl)=NN12. The maximum atomic E-state index is 6.70. The van der Waals surface area contributed by atoms with E-state index < -0.39 is 0 Å². The van der Waals surface area contributed by atoms with Crippen LogP contribution in [-0.4, -0.2) is 41.0 Å². The average molecular weight is 396 g/mol. The Morgan fingerprint density at radius 3 is 2.71 bits per heavy atom. The Morgan fingerprint density at radius 1 is 1.18 bits per heavy atom. The number of benzene rings is 2. The predicted molar refractivity (Wildman–Crippen MR) is 113 cm³/mol. The van der Waals surface area contributed by atoms with E-state index in [1.165, 1.54) is 11.1 Å². The number of ether oxygens (including phenoxy) is 1. The van der Waals surface area contributed by atoms with Crippen molar-refractivity contribution in [3.8, 4) is 5.75 Å². The summed E-state index contributed by atoms with van der Waals surface area (Å²) < 4.78 is 6.70. The molecule has 1 atom stereocenters. The molecule has 0 unspecified atom stereocenters. The van der Waals surface area contributed by atoms with Gasteiger partial charge in [0, 0.05) is 48.5 Å². The van der Waals surface area contributed by atoms with E-state index in [-0.39, 0.29) is 11.8 Å². The Balaban J connectivity index is 1.58. The number of hydrogen-bond donors (Lipinski definition) is 0. The summed E-state index contributed by atoms with van der Waals surface area (Å²) in [5.41, 5.74) is 4.24. The zero-order valence-corrected chi connectivity index (χ0v) is 17.2. The van der Waals surface area contributed by atoms with Gasteiger partial charge in [-0.05, 0) is 25.6 Å². The fourth-order valence-electron chi connectivity index (χ4n) is 4.81. The molecule has 146 valence electrons. The first-order valence-electron chi connectivity index (χ1n) is 10.2. The first kappa shape index (κ1) is 18.0. The summed E-state index contributed by atoms with van der Waals surface area (Å²) in [6, 6.07) is 14.8. The fraction of sp³-hybridized carbons (Fsp3) is 0.435. The van der Waals surface area contributed by atoms with Gasteiger partial charge in [-0.15, -0.1) is 0 Å². The van der Waals surface area contributed by atoms with E-state index in [1.807, 2.05) is 18.2 Å². The molecule has 3 aliphatic heterocycles. The number of fused-ring (bicyclic) bond motifs is 4. The second-order valence-electron chi connectivity index (χ2n) is 8.11. The zero-order chi connectivity index (χ0) is 19.3. The van der Waals surface area contributed by atoms with Crippen LogP contribution in [0.4, 0.5) is 0 Å². The number of rotatable bonds is 2. The lowest BCUT2D eigenvalue weighted by atomic mass is 9.90. The van der Waals surface area contributed by atoms with Crippen LogP contribution in [0.25, 0.3) is 0 Å². The lowest BCUT2D eigenvalue weighted by Crippen LogP contribution is -2.59. The van der Waals surface area contributed by atoms with E-state index >= 15 is 0 Å². The van der Waals surface area contributed by atoms with Gasteiger partial charge in [0.1, 0.15) is 5.75 Å². The van der Waals surface area contributed by atoms with Crippen molar-refractivity contribution in [2.45, 2.75) is 44.9 Å². The number of hydrogen-bond acceptors (Lipinski definition) is 4. The van der Waals surface area contributed by atoms with Crippen molar-refractivity contribution in [3.05, 3.63) is 64.2 Å². The quantitative estimate of drug-likeness (QED) is 0.715. The fourth-order valence-corrected chi connectivity index (χ4v) is 5.05. The summed E-state index contributed by atoms with van der Waals surface area (Å²) in [7, 11) is 0. The number of aryl methyl sites for hydroxylation is 1. The second kappa shape index (κ2) is 6.78. The van der Waals surface area contributed by atoms with Gasteiger partial charge in [-0.2, -0.15) is 5.10 Å². The number of hydrazone groups is 1. The molecule has 0 amide bonds. The molecule has 0 bridgehead atoms. The normalized spacial score (nSPS) is 23.2. The Labute approximate surface area is 171 Å². The summed E-state index contributed by atoms with van der Waals surface area (Å²) in [6.45, 7) is 7.53. The topological polar surface area (TPSA) is 28.1 Å². The molecule has 4 nitrogen and oxygen atoms in total. The number of likely N-dealkylation sites (tertiary alicyclic amines) is 1. The highest BCUT2D eigenvalue weighted by Gasteiger charge is 2.51. The van der Waals surface area contributed by atoms with Crippen molar-refractivity contribution in [2.75, 3.05) is 19.6 Å². The smallest absolute Gasteiger partial charge is 0.200 e. The van der Waals surface area contributed by atoms with Crippen LogP contribution in [0, 0.1) is 6.92 Å². The maximum Gasteiger partial charge on any atom is 0.200 e. The number of piperidine rings is 1. The minimum absolute atomic E-state index is 0.211. The standard InChI is InChI=1S/C23H26ClN3O/c1-3-26-12-10-23(11-13-26)27-21(18-14-16(2)8-9-22(18)28-23)15-20(25-27)17-6-4-5-7-19(17)24/h4-9,14,21H,3,10-13,15H2,1-2H3/t21-/m0/s1. The van der Waals surface area contributed by atoms with E-state index in [4.69, 9.17) is 21.4 Å². The third kappa shape index (κ3) is 2.82. The van der Waals surface area contributed by atoms with E-state index in [1.54, 1.807) is 0 Å². The van der Waals surface area contributed by atoms with Crippen molar-refractivity contribution in [3.63, 3.8) is 0 Å². The number of halogens is 1. The van der Waals surface area contributed by atoms with Gasteiger partial charge in [0.25, 0.3) is 0 Å². The van der Waals surface area contributed by atoms with Gasteiger partial charge in [0.2, 0.25) is 5.72 Å². The Hall–Kier alpha value is -2.04. The monoisotopic (exact) mass is 395 g/mol. The van der Waals surface area contributed by atoms with Crippen molar-refractivity contribution in [1.82, 2.24) is 9.91 Å². The lowest BCUT2D eigenvalue weighted by molar-refractivity contribution is -0.149. The summed E-state index contributed by atoms with van der Waals surface area (Å²) in [5.74, 6) is 1.02. The van der Waals surface area contributed by atoms with Crippen molar-refractivity contribution < 1.29 is 4.74 Å². The lowest BCUT2D eigenvalue weighted by Gasteiger charge is -2.51. The summed E-state index contributed by atoms with van der Waals surface area (Å²) in [6.07, 6.45) is 2.79. The van der Waals surface area contributed by atoms with Crippen LogP contribution in [0.1, 0.15) is 48.9 Å². The highest BCUT2D eigenvalue weighted by molar-refractivity contribution is 6.34. The molecule has 3 aliphatic rings. The van der Waals surface area contributed by atoms with Gasteiger partial charge in [0.05, 0.1) is 11.8 Å². The molecule has 0 aromatic heterocycles. The van der Waals surface area contributed by atoms with E-state index in [9.17, 15) is 0 Å². The highest BCUT2D eigenvalue weighted by atomic mass is 35.5. The Kier molecular flexibility index (Phi) is 4.37. The molecule has 5 heteroatoms. The molecule has 0 aliphatic carbocycles. The Morgan fingerprint density at radius 2 is 1.96 bits per heavy atom. The van der Waals surface area contributed by atoms with Gasteiger partial charge in [0.15, 0.2) is 0 Å². The van der Waals surface area contributed by atoms with Gasteiger partial charge in [-0.3, -0.25) is 0 Å². The zero-order valence-electron chi connectivity index (χ0n) is 16.5. The van der Waals surface area contributed by atoms with Gasteiger partial charge < -0.3 is 9.64 Å². The highest BCUT2D eigenvalue weighted by Crippen LogP contribution is 2.50. The molecule has 1 fully saturated rings. The van der Waals surface area contributed by atoms with Crippen molar-refractivity contribution in [1.29, 1.82) is 0 Å². The molecule has 2 aromatic carbocycles. The molecule has 2 aromatic rings. The van der Waals surface area contributed by atoms with Crippen LogP contribution in [0.5, 0.6) is 5.75 Å². The summed E-state index contributed by atoms with van der Waals surface area (Å²) >= 11 is 6.51. The molecule has 1 saturated heterocycles. The van der Waals surface area contributed by atoms with Gasteiger partial charge in [-0.1, -0.05) is 54.4 Å². The van der Waals surface area contributed by atoms with Crippen molar-refractivity contribution >= 4 is 17.3 Å². The van der Waals surface area contributed by atoms with E-state index in [0.717, 1.165) is 60.9 Å². The third-order valence-electron chi connectivity index (χ3n) is 6.42. The summed E-state index contributed by atoms with van der Waals surface area (Å²) in [5, 5.41) is 8.15. The molecule has 0 radical (unpaired) electrons. The number of nitrogens with zero attached hydrogens (tertiary/aromatic N) is 3. The van der Waals surface area contributed by atoms with Gasteiger partial charge in [-0.25, -0.2) is 5.01 Å². The van der Waals surface area contributed by atoms with E-state index in [2.05, 4.69) is 48.0 Å². The first-order chi connectivity index (χ1) is 13.6. The summed E-state index contributed by atoms with van der Waals surface area (Å²) in [4.78, 5) is 2.49. The second-order valence-corrected chi connectivity index (χ2v) is 8.52. The third-order valence-corrected chi connectivity index (χ3v) is 6.75. The molecule has 0 N–H and O–H groups in total. The molecular weight excluding hydrogens is 370 g/mol. The molecule has 1 spiro atoms. The molecular formula is C23H26ClN3O. The molecule has 3 heterocycles. The average Bonchev–Trinajstić information content (AvgIpc) is 3.16. The molecule has 28 heavy (non-hydrogen) atoms. The minimum Gasteiger partial charge on any atom is -0.466 e. The van der Waals surface area contributed by atoms with Crippen LogP contribution >= 0.6 is 11.6 Å². The Bertz CT molecular complexity index is 933. The molecule has 5 rings (SSSR count). The largest absolute Gasteiger partial charge is 0.466 e. The maximum absolute atomic E-state index is 6.70. The van der Waals surface area contributed by atoms with Crippen molar-refractivity contribution in [2.24, 2.45) is 5.10 Å². The van der Waals surface area contributed by atoms with Crippen LogP contribution in [0.15, 0.2) is 47.6 Å². The minimum atomic E-state index is -0.360. The predicted octanol–water partition coefficient (Wildman–Crippen LogP) is 5.00. The van der Waals surface area contributed by atoms with Crippen LogP contribution in [0.2, 0.25) is 5.02 Å². The van der Waals surface area contributed by atoms with Crippen LogP contribution < -0.4 is 4.74 Å². The van der Waals surface area contributed by atoms with Crippen LogP contribution in [0.3, 0.4) is 0 Å². The van der Waals surface area contributed by atoms with Gasteiger partial charge >= 0.3 is 0 Å². The molecule has 0 saturated carbocycles. The first-order valence-corrected chi connectivity index (χ1v) is 10.6.